The van der Waals surface area contributed by atoms with Gasteiger partial charge in [0.05, 0.1) is 38.1 Å². The van der Waals surface area contributed by atoms with E-state index >= 15 is 0 Å². The van der Waals surface area contributed by atoms with Crippen molar-refractivity contribution in [2.75, 3.05) is 26.6 Å². The fraction of sp³-hybridized carbons (Fsp3) is 0.286. The van der Waals surface area contributed by atoms with Gasteiger partial charge in [-0.1, -0.05) is 19.1 Å². The number of hydrogen-bond donors (Lipinski definition) is 1. The summed E-state index contributed by atoms with van der Waals surface area (Å²) >= 11 is 0. The maximum Gasteiger partial charge on any atom is 0.339 e. The predicted octanol–water partition coefficient (Wildman–Crippen LogP) is 3.06. The second kappa shape index (κ2) is 10.1. The fourth-order valence-corrected chi connectivity index (χ4v) is 2.59. The Hall–Kier alpha value is -3.55. The van der Waals surface area contributed by atoms with Crippen LogP contribution in [0.4, 0.5) is 5.69 Å². The second-order valence-corrected chi connectivity index (χ2v) is 5.90. The molecule has 0 saturated heterocycles. The van der Waals surface area contributed by atoms with E-state index in [-0.39, 0.29) is 16.8 Å². The van der Waals surface area contributed by atoms with Gasteiger partial charge in [0.1, 0.15) is 0 Å². The Balaban J connectivity index is 2.30. The molecule has 1 N–H and O–H groups in total. The van der Waals surface area contributed by atoms with E-state index in [2.05, 4.69) is 10.1 Å². The van der Waals surface area contributed by atoms with E-state index < -0.39 is 23.9 Å². The zero-order valence-electron chi connectivity index (χ0n) is 16.7. The first kappa shape index (κ1) is 21.7. The minimum absolute atomic E-state index is 0.0978. The maximum atomic E-state index is 12.8. The summed E-state index contributed by atoms with van der Waals surface area (Å²) in [4.78, 5) is 36.7. The molecule has 1 amide bonds. The summed E-state index contributed by atoms with van der Waals surface area (Å²) in [5.74, 6) is -0.856. The van der Waals surface area contributed by atoms with Crippen LogP contribution in [0.15, 0.2) is 42.5 Å². The van der Waals surface area contributed by atoms with Gasteiger partial charge in [-0.05, 0) is 36.8 Å². The highest BCUT2D eigenvalue weighted by Gasteiger charge is 2.23. The van der Waals surface area contributed by atoms with Crippen molar-refractivity contribution in [3.05, 3.63) is 53.6 Å². The normalized spacial score (nSPS) is 11.2. The molecule has 0 heterocycles. The molecule has 2 aromatic carbocycles. The number of ether oxygens (including phenoxy) is 4. The van der Waals surface area contributed by atoms with E-state index in [1.807, 2.05) is 0 Å². The topological polar surface area (TPSA) is 100 Å². The second-order valence-electron chi connectivity index (χ2n) is 5.90. The number of carbonyl (C=O) groups is 3. The number of anilines is 1. The average molecular weight is 401 g/mol. The van der Waals surface area contributed by atoms with Crippen molar-refractivity contribution in [3.8, 4) is 11.5 Å². The van der Waals surface area contributed by atoms with Crippen LogP contribution >= 0.6 is 0 Å². The number of methoxy groups -OCH3 is 3. The Bertz CT molecular complexity index is 894. The van der Waals surface area contributed by atoms with Gasteiger partial charge in [0.25, 0.3) is 5.91 Å². The highest BCUT2D eigenvalue weighted by molar-refractivity contribution is 6.04. The monoisotopic (exact) mass is 401 g/mol. The lowest BCUT2D eigenvalue weighted by molar-refractivity contribution is -0.122. The zero-order chi connectivity index (χ0) is 21.4. The molecular weight excluding hydrogens is 378 g/mol. The lowest BCUT2D eigenvalue weighted by Crippen LogP contribution is -2.33. The summed E-state index contributed by atoms with van der Waals surface area (Å²) in [6.45, 7) is 1.78. The first-order chi connectivity index (χ1) is 13.9. The Kier molecular flexibility index (Phi) is 7.59. The molecule has 1 atom stereocenters. The molecule has 0 bridgehead atoms. The lowest BCUT2D eigenvalue weighted by Gasteiger charge is -2.19. The van der Waals surface area contributed by atoms with Crippen molar-refractivity contribution in [1.29, 1.82) is 0 Å². The highest BCUT2D eigenvalue weighted by Crippen LogP contribution is 2.28. The summed E-state index contributed by atoms with van der Waals surface area (Å²) in [5, 5.41) is 2.64. The fourth-order valence-electron chi connectivity index (χ4n) is 2.59. The molecule has 8 heteroatoms. The van der Waals surface area contributed by atoms with Crippen molar-refractivity contribution in [2.24, 2.45) is 0 Å². The van der Waals surface area contributed by atoms with Crippen LogP contribution in [-0.4, -0.2) is 45.3 Å². The molecular formula is C21H23NO7. The average Bonchev–Trinajstić information content (AvgIpc) is 2.76. The van der Waals surface area contributed by atoms with E-state index in [0.717, 1.165) is 0 Å². The largest absolute Gasteiger partial charge is 0.493 e. The number of hydrogen-bond acceptors (Lipinski definition) is 7. The molecule has 0 saturated carbocycles. The third kappa shape index (κ3) is 5.25. The number of esters is 2. The third-order valence-corrected chi connectivity index (χ3v) is 4.11. The maximum absolute atomic E-state index is 12.8. The number of benzene rings is 2. The van der Waals surface area contributed by atoms with Gasteiger partial charge in [0, 0.05) is 0 Å². The Morgan fingerprint density at radius 2 is 1.59 bits per heavy atom. The number of nitrogens with one attached hydrogen (secondary N) is 1. The molecule has 0 aromatic heterocycles. The molecule has 154 valence electrons. The van der Waals surface area contributed by atoms with Gasteiger partial charge in [-0.15, -0.1) is 0 Å². The van der Waals surface area contributed by atoms with E-state index in [1.54, 1.807) is 31.2 Å². The first-order valence-corrected chi connectivity index (χ1v) is 8.86. The Morgan fingerprint density at radius 1 is 0.931 bits per heavy atom. The van der Waals surface area contributed by atoms with Crippen LogP contribution in [-0.2, 0) is 14.3 Å². The van der Waals surface area contributed by atoms with E-state index in [4.69, 9.17) is 14.2 Å². The number of amides is 1. The van der Waals surface area contributed by atoms with Gasteiger partial charge in [-0.3, -0.25) is 4.79 Å². The molecule has 0 radical (unpaired) electrons. The zero-order valence-corrected chi connectivity index (χ0v) is 16.7. The van der Waals surface area contributed by atoms with Crippen LogP contribution in [0.5, 0.6) is 11.5 Å². The summed E-state index contributed by atoms with van der Waals surface area (Å²) in [7, 11) is 3.97. The molecule has 2 rings (SSSR count). The van der Waals surface area contributed by atoms with Crippen LogP contribution in [0.2, 0.25) is 0 Å². The first-order valence-electron chi connectivity index (χ1n) is 8.86. The van der Waals surface area contributed by atoms with Crippen molar-refractivity contribution >= 4 is 23.5 Å². The molecule has 0 aliphatic carbocycles. The molecule has 2 aromatic rings. The van der Waals surface area contributed by atoms with Gasteiger partial charge in [0.2, 0.25) is 0 Å². The van der Waals surface area contributed by atoms with Crippen LogP contribution in [0.1, 0.15) is 34.1 Å². The quantitative estimate of drug-likeness (QED) is 0.679. The van der Waals surface area contributed by atoms with Gasteiger partial charge < -0.3 is 24.3 Å². The molecule has 0 aliphatic rings. The van der Waals surface area contributed by atoms with Crippen molar-refractivity contribution in [2.45, 2.75) is 19.4 Å². The Morgan fingerprint density at radius 3 is 2.17 bits per heavy atom. The summed E-state index contributed by atoms with van der Waals surface area (Å²) in [6.07, 6.45) is -0.507. The van der Waals surface area contributed by atoms with E-state index in [0.29, 0.717) is 17.9 Å². The molecule has 29 heavy (non-hydrogen) atoms. The molecule has 0 fully saturated rings. The molecule has 8 nitrogen and oxygen atoms in total. The van der Waals surface area contributed by atoms with Crippen molar-refractivity contribution in [1.82, 2.24) is 0 Å². The van der Waals surface area contributed by atoms with E-state index in [1.165, 1.54) is 39.5 Å². The smallest absolute Gasteiger partial charge is 0.339 e. The van der Waals surface area contributed by atoms with Crippen LogP contribution in [0.25, 0.3) is 0 Å². The molecule has 0 aliphatic heterocycles. The number of rotatable bonds is 8. The highest BCUT2D eigenvalue weighted by atomic mass is 16.5. The van der Waals surface area contributed by atoms with Gasteiger partial charge in [-0.2, -0.15) is 0 Å². The van der Waals surface area contributed by atoms with E-state index in [9.17, 15) is 14.4 Å². The minimum Gasteiger partial charge on any atom is -0.493 e. The van der Waals surface area contributed by atoms with Crippen LogP contribution in [0.3, 0.4) is 0 Å². The molecule has 0 unspecified atom stereocenters. The lowest BCUT2D eigenvalue weighted by atomic mass is 10.1. The summed E-state index contributed by atoms with van der Waals surface area (Å²) in [5.41, 5.74) is 0.390. The van der Waals surface area contributed by atoms with Gasteiger partial charge in [-0.25, -0.2) is 9.59 Å². The van der Waals surface area contributed by atoms with Gasteiger partial charge >= 0.3 is 11.9 Å². The number of para-hydroxylation sites is 2. The SMILES string of the molecule is CC[C@@H](Oc1ccccc1OC)C(=O)Nc1cc(C(=O)OC)ccc1C(=O)OC. The van der Waals surface area contributed by atoms with Crippen LogP contribution < -0.4 is 14.8 Å². The predicted molar refractivity (Wildman–Crippen MR) is 105 cm³/mol. The molecule has 0 spiro atoms. The van der Waals surface area contributed by atoms with Crippen molar-refractivity contribution in [3.63, 3.8) is 0 Å². The third-order valence-electron chi connectivity index (χ3n) is 4.11. The van der Waals surface area contributed by atoms with Gasteiger partial charge in [0.15, 0.2) is 17.6 Å². The number of carbonyl (C=O) groups excluding carboxylic acids is 3. The minimum atomic E-state index is -0.862. The standard InChI is InChI=1S/C21H23NO7/c1-5-16(29-18-9-7-6-8-17(18)26-2)19(23)22-15-12-13(20(24)27-3)10-11-14(15)21(25)28-4/h6-12,16H,5H2,1-4H3,(H,22,23)/t16-/m1/s1. The summed E-state index contributed by atoms with van der Waals surface area (Å²) in [6, 6.07) is 11.1. The van der Waals surface area contributed by atoms with Crippen molar-refractivity contribution < 1.29 is 33.3 Å². The van der Waals surface area contributed by atoms with Crippen LogP contribution in [0, 0.1) is 0 Å². The summed E-state index contributed by atoms with van der Waals surface area (Å²) < 4.78 is 20.5. The Labute approximate surface area is 168 Å².